The van der Waals surface area contributed by atoms with E-state index in [1.165, 1.54) is 31.3 Å². The molecule has 20 heavy (non-hydrogen) atoms. The molecule has 0 bridgehead atoms. The highest BCUT2D eigenvalue weighted by atomic mass is 32.2. The molecule has 0 heterocycles. The molecule has 0 unspecified atom stereocenters. The Bertz CT molecular complexity index is 624. The van der Waals surface area contributed by atoms with Crippen LogP contribution in [0, 0.1) is 0 Å². The number of nitrogens with one attached hydrogen (secondary N) is 3. The maximum absolute atomic E-state index is 11.9. The van der Waals surface area contributed by atoms with Gasteiger partial charge in [-0.05, 0) is 37.9 Å². The van der Waals surface area contributed by atoms with Crippen LogP contribution in [0.2, 0.25) is 0 Å². The van der Waals surface area contributed by atoms with Gasteiger partial charge in [0.15, 0.2) is 0 Å². The fourth-order valence-electron chi connectivity index (χ4n) is 1.45. The van der Waals surface area contributed by atoms with Crippen LogP contribution in [0.3, 0.4) is 0 Å². The lowest BCUT2D eigenvalue weighted by Crippen LogP contribution is -2.31. The number of sulfonamides is 2. The Hall–Kier alpha value is -1.00. The molecule has 1 aromatic carbocycles. The van der Waals surface area contributed by atoms with Gasteiger partial charge in [-0.1, -0.05) is 6.92 Å². The van der Waals surface area contributed by atoms with Gasteiger partial charge in [0.2, 0.25) is 20.0 Å². The molecular weight excluding hydrogens is 302 g/mol. The molecule has 1 aromatic rings. The summed E-state index contributed by atoms with van der Waals surface area (Å²) in [7, 11) is -5.88. The van der Waals surface area contributed by atoms with Crippen molar-refractivity contribution >= 4 is 20.0 Å². The smallest absolute Gasteiger partial charge is 0.240 e. The van der Waals surface area contributed by atoms with Crippen molar-refractivity contribution < 1.29 is 16.8 Å². The van der Waals surface area contributed by atoms with Crippen LogP contribution in [0.1, 0.15) is 6.92 Å². The monoisotopic (exact) mass is 321 g/mol. The predicted molar refractivity (Wildman–Crippen MR) is 76.4 cm³/mol. The van der Waals surface area contributed by atoms with Crippen LogP contribution in [-0.4, -0.2) is 43.5 Å². The molecular formula is C11H19N3O4S2. The number of hydrogen-bond donors (Lipinski definition) is 3. The van der Waals surface area contributed by atoms with Crippen LogP contribution in [-0.2, 0) is 20.0 Å². The summed E-state index contributed by atoms with van der Waals surface area (Å²) >= 11 is 0. The topological polar surface area (TPSA) is 104 Å². The minimum Gasteiger partial charge on any atom is -0.316 e. The Balaban J connectivity index is 2.82. The third-order valence-electron chi connectivity index (χ3n) is 2.56. The van der Waals surface area contributed by atoms with Gasteiger partial charge in [0.25, 0.3) is 0 Å². The van der Waals surface area contributed by atoms with Crippen molar-refractivity contribution in [3.63, 3.8) is 0 Å². The Morgan fingerprint density at radius 2 is 1.40 bits per heavy atom. The maximum atomic E-state index is 11.9. The van der Waals surface area contributed by atoms with E-state index in [2.05, 4.69) is 14.8 Å². The Morgan fingerprint density at radius 3 is 1.85 bits per heavy atom. The summed E-state index contributed by atoms with van der Waals surface area (Å²) in [5, 5.41) is 2.99. The number of benzene rings is 1. The highest BCUT2D eigenvalue weighted by molar-refractivity contribution is 7.90. The van der Waals surface area contributed by atoms with Crippen molar-refractivity contribution in [3.05, 3.63) is 24.3 Å². The SMILES string of the molecule is CCNCCNS(=O)(=O)c1ccc(S(=O)(=O)NC)cc1. The zero-order chi connectivity index (χ0) is 15.2. The van der Waals surface area contributed by atoms with Crippen LogP contribution in [0.5, 0.6) is 0 Å². The van der Waals surface area contributed by atoms with Crippen molar-refractivity contribution in [1.29, 1.82) is 0 Å². The van der Waals surface area contributed by atoms with Crippen molar-refractivity contribution in [2.24, 2.45) is 0 Å². The lowest BCUT2D eigenvalue weighted by atomic mass is 10.4. The average Bonchev–Trinajstić information content (AvgIpc) is 2.44. The lowest BCUT2D eigenvalue weighted by molar-refractivity contribution is 0.576. The Kier molecular flexibility index (Phi) is 6.08. The summed E-state index contributed by atoms with van der Waals surface area (Å²) in [6.45, 7) is 3.49. The number of likely N-dealkylation sites (N-methyl/N-ethyl adjacent to an activating group) is 1. The summed E-state index contributed by atoms with van der Waals surface area (Å²) < 4.78 is 51.5. The van der Waals surface area contributed by atoms with Crippen LogP contribution < -0.4 is 14.8 Å². The van der Waals surface area contributed by atoms with Gasteiger partial charge in [0, 0.05) is 13.1 Å². The fraction of sp³-hybridized carbons (Fsp3) is 0.455. The largest absolute Gasteiger partial charge is 0.316 e. The standard InChI is InChI=1S/C11H19N3O4S2/c1-3-13-8-9-14-20(17,18)11-6-4-10(5-7-11)19(15,16)12-2/h4-7,12-14H,3,8-9H2,1-2H3. The van der Waals surface area contributed by atoms with E-state index < -0.39 is 20.0 Å². The molecule has 0 amide bonds. The van der Waals surface area contributed by atoms with Gasteiger partial charge in [0.05, 0.1) is 9.79 Å². The van der Waals surface area contributed by atoms with E-state index in [-0.39, 0.29) is 16.3 Å². The van der Waals surface area contributed by atoms with Crippen molar-refractivity contribution in [1.82, 2.24) is 14.8 Å². The fourth-order valence-corrected chi connectivity index (χ4v) is 3.21. The molecule has 0 saturated heterocycles. The lowest BCUT2D eigenvalue weighted by Gasteiger charge is -2.08. The number of hydrogen-bond acceptors (Lipinski definition) is 5. The predicted octanol–water partition coefficient (Wildman–Crippen LogP) is -0.517. The third kappa shape index (κ3) is 4.53. The first kappa shape index (κ1) is 17.1. The van der Waals surface area contributed by atoms with Crippen molar-refractivity contribution in [2.75, 3.05) is 26.7 Å². The first-order chi connectivity index (χ1) is 9.33. The van der Waals surface area contributed by atoms with E-state index in [1.807, 2.05) is 6.92 Å². The number of rotatable bonds is 8. The van der Waals surface area contributed by atoms with E-state index in [0.29, 0.717) is 6.54 Å². The molecule has 0 fully saturated rings. The van der Waals surface area contributed by atoms with Crippen molar-refractivity contribution in [3.8, 4) is 0 Å². The van der Waals surface area contributed by atoms with E-state index in [1.54, 1.807) is 0 Å². The van der Waals surface area contributed by atoms with Gasteiger partial charge in [-0.15, -0.1) is 0 Å². The van der Waals surface area contributed by atoms with Crippen LogP contribution in [0.15, 0.2) is 34.1 Å². The Morgan fingerprint density at radius 1 is 0.900 bits per heavy atom. The molecule has 0 aliphatic heterocycles. The molecule has 1 rings (SSSR count). The highest BCUT2D eigenvalue weighted by Crippen LogP contribution is 2.13. The summed E-state index contributed by atoms with van der Waals surface area (Å²) in [5.41, 5.74) is 0. The summed E-state index contributed by atoms with van der Waals surface area (Å²) in [4.78, 5) is 0.0515. The summed E-state index contributed by atoms with van der Waals surface area (Å²) in [6, 6.07) is 5.04. The maximum Gasteiger partial charge on any atom is 0.240 e. The first-order valence-electron chi connectivity index (χ1n) is 6.07. The van der Waals surface area contributed by atoms with Gasteiger partial charge < -0.3 is 5.32 Å². The highest BCUT2D eigenvalue weighted by Gasteiger charge is 2.16. The molecule has 0 atom stereocenters. The molecule has 7 nitrogen and oxygen atoms in total. The van der Waals surface area contributed by atoms with E-state index in [9.17, 15) is 16.8 Å². The Labute approximate surface area is 119 Å². The van der Waals surface area contributed by atoms with Crippen LogP contribution in [0.25, 0.3) is 0 Å². The zero-order valence-electron chi connectivity index (χ0n) is 11.4. The van der Waals surface area contributed by atoms with Crippen molar-refractivity contribution in [2.45, 2.75) is 16.7 Å². The molecule has 0 radical (unpaired) electrons. The van der Waals surface area contributed by atoms with Gasteiger partial charge in [-0.3, -0.25) is 0 Å². The van der Waals surface area contributed by atoms with Gasteiger partial charge in [-0.25, -0.2) is 26.3 Å². The van der Waals surface area contributed by atoms with Gasteiger partial charge in [-0.2, -0.15) is 0 Å². The second-order valence-electron chi connectivity index (χ2n) is 3.93. The summed E-state index contributed by atoms with van der Waals surface area (Å²) in [5.74, 6) is 0. The first-order valence-corrected chi connectivity index (χ1v) is 9.04. The second-order valence-corrected chi connectivity index (χ2v) is 7.58. The van der Waals surface area contributed by atoms with Gasteiger partial charge >= 0.3 is 0 Å². The quantitative estimate of drug-likeness (QED) is 0.559. The molecule has 0 saturated carbocycles. The van der Waals surface area contributed by atoms with E-state index in [0.717, 1.165) is 6.54 Å². The van der Waals surface area contributed by atoms with Crippen LogP contribution >= 0.6 is 0 Å². The summed E-state index contributed by atoms with van der Waals surface area (Å²) in [6.07, 6.45) is 0. The molecule has 0 aromatic heterocycles. The van der Waals surface area contributed by atoms with Gasteiger partial charge in [0.1, 0.15) is 0 Å². The second kappa shape index (κ2) is 7.14. The molecule has 114 valence electrons. The molecule has 0 spiro atoms. The molecule has 3 N–H and O–H groups in total. The third-order valence-corrected chi connectivity index (χ3v) is 5.46. The molecule has 9 heteroatoms. The van der Waals surface area contributed by atoms with E-state index in [4.69, 9.17) is 0 Å². The van der Waals surface area contributed by atoms with Crippen LogP contribution in [0.4, 0.5) is 0 Å². The molecule has 0 aliphatic carbocycles. The molecule has 0 aliphatic rings. The average molecular weight is 321 g/mol. The minimum atomic E-state index is -3.61. The normalized spacial score (nSPS) is 12.5. The zero-order valence-corrected chi connectivity index (χ0v) is 13.0. The minimum absolute atomic E-state index is 0.0200. The van der Waals surface area contributed by atoms with E-state index >= 15 is 0 Å².